The van der Waals surface area contributed by atoms with Gasteiger partial charge in [-0.15, -0.1) is 0 Å². The zero-order valence-corrected chi connectivity index (χ0v) is 14.4. The lowest BCUT2D eigenvalue weighted by atomic mass is 9.88. The van der Waals surface area contributed by atoms with Crippen LogP contribution in [0.5, 0.6) is 0 Å². The molecule has 2 unspecified atom stereocenters. The maximum atomic E-state index is 12.4. The van der Waals surface area contributed by atoms with Crippen LogP contribution in [-0.2, 0) is 9.36 Å². The summed E-state index contributed by atoms with van der Waals surface area (Å²) in [6, 6.07) is 0. The number of nitrogens with two attached hydrogens (primary N) is 1. The standard InChI is InChI=1S/C16H30NO4P/c1-2-3-5-10-15(17)22(20,21)12-14(16(18)19)11-13-8-6-4-7-9-13/h11,13,15H,2-10,12,17H2,1H3,(H,18,19)(H,20,21). The number of rotatable bonds is 9. The van der Waals surface area contributed by atoms with Crippen molar-refractivity contribution < 1.29 is 19.4 Å². The van der Waals surface area contributed by atoms with Gasteiger partial charge in [0, 0.05) is 5.57 Å². The topological polar surface area (TPSA) is 101 Å². The summed E-state index contributed by atoms with van der Waals surface area (Å²) in [5.74, 6) is -1.70. The van der Waals surface area contributed by atoms with Gasteiger partial charge in [0.15, 0.2) is 0 Å². The van der Waals surface area contributed by atoms with Crippen molar-refractivity contribution in [2.75, 3.05) is 6.16 Å². The predicted octanol–water partition coefficient (Wildman–Crippen LogP) is 3.71. The van der Waals surface area contributed by atoms with E-state index in [0.29, 0.717) is 6.42 Å². The minimum atomic E-state index is -3.67. The highest BCUT2D eigenvalue weighted by Crippen LogP contribution is 2.47. The van der Waals surface area contributed by atoms with Crippen molar-refractivity contribution in [3.63, 3.8) is 0 Å². The Morgan fingerprint density at radius 1 is 1.32 bits per heavy atom. The summed E-state index contributed by atoms with van der Waals surface area (Å²) in [5, 5.41) is 9.32. The van der Waals surface area contributed by atoms with Gasteiger partial charge in [0.1, 0.15) is 0 Å². The molecule has 0 spiro atoms. The lowest BCUT2D eigenvalue weighted by Crippen LogP contribution is -2.23. The number of aliphatic carboxylic acids is 1. The van der Waals surface area contributed by atoms with Crippen LogP contribution >= 0.6 is 7.37 Å². The van der Waals surface area contributed by atoms with Crippen LogP contribution in [0.1, 0.15) is 64.7 Å². The van der Waals surface area contributed by atoms with E-state index in [-0.39, 0.29) is 17.7 Å². The van der Waals surface area contributed by atoms with Crippen LogP contribution in [-0.4, -0.2) is 27.9 Å². The summed E-state index contributed by atoms with van der Waals surface area (Å²) in [7, 11) is -3.67. The minimum Gasteiger partial charge on any atom is -0.478 e. The van der Waals surface area contributed by atoms with E-state index < -0.39 is 19.1 Å². The van der Waals surface area contributed by atoms with E-state index in [0.717, 1.165) is 44.9 Å². The maximum absolute atomic E-state index is 12.4. The molecule has 4 N–H and O–H groups in total. The van der Waals surface area contributed by atoms with E-state index in [1.54, 1.807) is 6.08 Å². The monoisotopic (exact) mass is 331 g/mol. The summed E-state index contributed by atoms with van der Waals surface area (Å²) >= 11 is 0. The van der Waals surface area contributed by atoms with Crippen molar-refractivity contribution in [3.05, 3.63) is 11.6 Å². The summed E-state index contributed by atoms with van der Waals surface area (Å²) in [4.78, 5) is 21.6. The van der Waals surface area contributed by atoms with Crippen molar-refractivity contribution in [1.82, 2.24) is 0 Å². The molecule has 0 aromatic rings. The number of unbranched alkanes of at least 4 members (excludes halogenated alkanes) is 2. The number of hydrogen-bond acceptors (Lipinski definition) is 3. The van der Waals surface area contributed by atoms with E-state index in [4.69, 9.17) is 5.73 Å². The first-order valence-corrected chi connectivity index (χ1v) is 10.3. The van der Waals surface area contributed by atoms with Gasteiger partial charge in [-0.2, -0.15) is 0 Å². The molecule has 5 nitrogen and oxygen atoms in total. The molecule has 0 amide bonds. The van der Waals surface area contributed by atoms with Crippen molar-refractivity contribution in [3.8, 4) is 0 Å². The van der Waals surface area contributed by atoms with Crippen molar-refractivity contribution in [1.29, 1.82) is 0 Å². The van der Waals surface area contributed by atoms with Crippen LogP contribution in [0.25, 0.3) is 0 Å². The second-order valence-corrected chi connectivity index (χ2v) is 8.86. The minimum absolute atomic E-state index is 0.0590. The maximum Gasteiger partial charge on any atom is 0.331 e. The predicted molar refractivity (Wildman–Crippen MR) is 89.1 cm³/mol. The molecule has 1 aliphatic carbocycles. The third-order valence-electron chi connectivity index (χ3n) is 4.38. The van der Waals surface area contributed by atoms with Gasteiger partial charge in [0.05, 0.1) is 11.9 Å². The van der Waals surface area contributed by atoms with E-state index in [9.17, 15) is 19.4 Å². The summed E-state index contributed by atoms with van der Waals surface area (Å²) in [5.41, 5.74) is 5.90. The molecule has 1 rings (SSSR count). The second kappa shape index (κ2) is 9.49. The Bertz CT molecular complexity index is 430. The second-order valence-electron chi connectivity index (χ2n) is 6.37. The average Bonchev–Trinajstić information content (AvgIpc) is 2.47. The fourth-order valence-electron chi connectivity index (χ4n) is 2.94. The molecule has 0 saturated heterocycles. The van der Waals surface area contributed by atoms with Gasteiger partial charge in [-0.3, -0.25) is 4.57 Å². The van der Waals surface area contributed by atoms with Crippen molar-refractivity contribution in [2.24, 2.45) is 11.7 Å². The van der Waals surface area contributed by atoms with Crippen LogP contribution in [0.2, 0.25) is 0 Å². The lowest BCUT2D eigenvalue weighted by molar-refractivity contribution is -0.132. The number of carbonyl (C=O) groups is 1. The molecular weight excluding hydrogens is 301 g/mol. The molecular formula is C16H30NO4P. The van der Waals surface area contributed by atoms with Crippen LogP contribution in [0, 0.1) is 5.92 Å². The number of carboxylic acids is 1. The lowest BCUT2D eigenvalue weighted by Gasteiger charge is -2.22. The molecule has 1 fully saturated rings. The van der Waals surface area contributed by atoms with E-state index in [1.165, 1.54) is 6.42 Å². The van der Waals surface area contributed by atoms with E-state index in [2.05, 4.69) is 6.92 Å². The molecule has 128 valence electrons. The molecule has 1 saturated carbocycles. The molecule has 1 aliphatic rings. The quantitative estimate of drug-likeness (QED) is 0.340. The van der Waals surface area contributed by atoms with Crippen LogP contribution in [0.4, 0.5) is 0 Å². The Morgan fingerprint density at radius 2 is 1.95 bits per heavy atom. The van der Waals surface area contributed by atoms with Crippen LogP contribution in [0.15, 0.2) is 11.6 Å². The van der Waals surface area contributed by atoms with Crippen LogP contribution in [0.3, 0.4) is 0 Å². The fourth-order valence-corrected chi connectivity index (χ4v) is 4.49. The number of carboxylic acid groups (broad SMARTS) is 1. The average molecular weight is 331 g/mol. The first-order chi connectivity index (χ1) is 10.4. The Morgan fingerprint density at radius 3 is 2.50 bits per heavy atom. The number of allylic oxidation sites excluding steroid dienone is 1. The Labute approximate surface area is 133 Å². The third-order valence-corrected chi connectivity index (χ3v) is 6.47. The van der Waals surface area contributed by atoms with Gasteiger partial charge >= 0.3 is 5.97 Å². The molecule has 0 bridgehead atoms. The Hall–Kier alpha value is -0.640. The smallest absolute Gasteiger partial charge is 0.331 e. The fraction of sp³-hybridized carbons (Fsp3) is 0.812. The van der Waals surface area contributed by atoms with Gasteiger partial charge in [-0.25, -0.2) is 4.79 Å². The Balaban J connectivity index is 2.69. The molecule has 0 aliphatic heterocycles. The van der Waals surface area contributed by atoms with Crippen molar-refractivity contribution >= 4 is 13.3 Å². The zero-order valence-electron chi connectivity index (χ0n) is 13.5. The largest absolute Gasteiger partial charge is 0.478 e. The summed E-state index contributed by atoms with van der Waals surface area (Å²) in [6.07, 6.45) is 9.96. The zero-order chi connectivity index (χ0) is 16.6. The summed E-state index contributed by atoms with van der Waals surface area (Å²) in [6.45, 7) is 2.06. The van der Waals surface area contributed by atoms with E-state index in [1.807, 2.05) is 0 Å². The normalized spacial score (nSPS) is 21.3. The van der Waals surface area contributed by atoms with Gasteiger partial charge in [0.25, 0.3) is 0 Å². The third kappa shape index (κ3) is 6.64. The highest BCUT2D eigenvalue weighted by molar-refractivity contribution is 7.59. The SMILES string of the molecule is CCCCCC(N)P(=O)(O)CC(=CC1CCCCC1)C(=O)O. The molecule has 22 heavy (non-hydrogen) atoms. The number of hydrogen-bond donors (Lipinski definition) is 3. The molecule has 6 heteroatoms. The van der Waals surface area contributed by atoms with E-state index >= 15 is 0 Å². The molecule has 0 heterocycles. The first kappa shape index (κ1) is 19.4. The van der Waals surface area contributed by atoms with Gasteiger partial charge in [-0.05, 0) is 25.2 Å². The van der Waals surface area contributed by atoms with Gasteiger partial charge < -0.3 is 15.7 Å². The van der Waals surface area contributed by atoms with Crippen LogP contribution < -0.4 is 5.73 Å². The summed E-state index contributed by atoms with van der Waals surface area (Å²) < 4.78 is 12.4. The molecule has 0 aromatic heterocycles. The molecule has 2 atom stereocenters. The molecule has 0 aromatic carbocycles. The van der Waals surface area contributed by atoms with Crippen molar-refractivity contribution in [2.45, 2.75) is 70.5 Å². The Kier molecular flexibility index (Phi) is 8.37. The highest BCUT2D eigenvalue weighted by Gasteiger charge is 2.31. The first-order valence-electron chi connectivity index (χ1n) is 8.38. The van der Waals surface area contributed by atoms with Gasteiger partial charge in [0.2, 0.25) is 7.37 Å². The highest BCUT2D eigenvalue weighted by atomic mass is 31.2. The molecule has 0 radical (unpaired) electrons. The van der Waals surface area contributed by atoms with Gasteiger partial charge in [-0.1, -0.05) is 51.5 Å².